The lowest BCUT2D eigenvalue weighted by Crippen LogP contribution is -2.00. The second-order valence-corrected chi connectivity index (χ2v) is 5.95. The highest BCUT2D eigenvalue weighted by Crippen LogP contribution is 2.26. The second-order valence-electron chi connectivity index (χ2n) is 5.54. The lowest BCUT2D eigenvalue weighted by Gasteiger charge is -2.11. The molecule has 0 radical (unpaired) electrons. The summed E-state index contributed by atoms with van der Waals surface area (Å²) in [7, 11) is 0. The molecule has 3 rings (SSSR count). The van der Waals surface area contributed by atoms with Gasteiger partial charge in [-0.1, -0.05) is 29.8 Å². The maximum atomic E-state index is 12.9. The summed E-state index contributed by atoms with van der Waals surface area (Å²) < 4.78 is 31.4. The normalized spacial score (nSPS) is 10.5. The van der Waals surface area contributed by atoms with Gasteiger partial charge in [-0.25, -0.2) is 8.78 Å². The Morgan fingerprint density at radius 1 is 0.800 bits per heavy atom. The Labute approximate surface area is 150 Å². The molecule has 0 heterocycles. The zero-order valence-corrected chi connectivity index (χ0v) is 14.1. The van der Waals surface area contributed by atoms with Gasteiger partial charge in [-0.05, 0) is 59.7 Å². The summed E-state index contributed by atoms with van der Waals surface area (Å²) in [5, 5.41) is 3.70. The number of nitrogens with one attached hydrogen (secondary N) is 1. The van der Waals surface area contributed by atoms with Crippen molar-refractivity contribution in [1.82, 2.24) is 0 Å². The van der Waals surface area contributed by atoms with Crippen LogP contribution in [0.15, 0.2) is 66.7 Å². The van der Waals surface area contributed by atoms with Gasteiger partial charge in [-0.2, -0.15) is 0 Å². The highest BCUT2D eigenvalue weighted by atomic mass is 35.5. The van der Waals surface area contributed by atoms with Crippen molar-refractivity contribution in [2.45, 2.75) is 13.2 Å². The molecular formula is C20H16ClF2NO. The van der Waals surface area contributed by atoms with E-state index < -0.39 is 0 Å². The predicted molar refractivity (Wildman–Crippen MR) is 95.9 cm³/mol. The van der Waals surface area contributed by atoms with Crippen molar-refractivity contribution in [1.29, 1.82) is 0 Å². The van der Waals surface area contributed by atoms with Crippen LogP contribution >= 0.6 is 11.6 Å². The third kappa shape index (κ3) is 4.94. The van der Waals surface area contributed by atoms with E-state index in [4.69, 9.17) is 16.3 Å². The van der Waals surface area contributed by atoms with E-state index in [-0.39, 0.29) is 11.6 Å². The molecule has 0 aliphatic rings. The largest absolute Gasteiger partial charge is 0.487 e. The first-order valence-electron chi connectivity index (χ1n) is 7.75. The first-order valence-corrected chi connectivity index (χ1v) is 8.13. The highest BCUT2D eigenvalue weighted by Gasteiger charge is 2.04. The fourth-order valence-corrected chi connectivity index (χ4v) is 2.54. The van der Waals surface area contributed by atoms with Gasteiger partial charge in [-0.15, -0.1) is 0 Å². The Balaban J connectivity index is 1.58. The Bertz CT molecular complexity index is 835. The lowest BCUT2D eigenvalue weighted by molar-refractivity contribution is 0.306. The van der Waals surface area contributed by atoms with Crippen LogP contribution in [-0.4, -0.2) is 0 Å². The number of rotatable bonds is 6. The molecule has 5 heteroatoms. The fraction of sp³-hybridized carbons (Fsp3) is 0.100. The van der Waals surface area contributed by atoms with Gasteiger partial charge in [0.25, 0.3) is 0 Å². The Kier molecular flexibility index (Phi) is 5.51. The van der Waals surface area contributed by atoms with E-state index in [2.05, 4.69) is 5.32 Å². The van der Waals surface area contributed by atoms with Crippen LogP contribution in [-0.2, 0) is 13.2 Å². The van der Waals surface area contributed by atoms with E-state index in [1.807, 2.05) is 12.1 Å². The number of halogens is 3. The van der Waals surface area contributed by atoms with Gasteiger partial charge >= 0.3 is 0 Å². The van der Waals surface area contributed by atoms with Crippen LogP contribution in [0.25, 0.3) is 0 Å². The summed E-state index contributed by atoms with van der Waals surface area (Å²) in [5.74, 6) is 0.0209. The first-order chi connectivity index (χ1) is 12.1. The van der Waals surface area contributed by atoms with Gasteiger partial charge in [-0.3, -0.25) is 0 Å². The first kappa shape index (κ1) is 17.2. The second kappa shape index (κ2) is 7.99. The molecular weight excluding hydrogens is 344 g/mol. The van der Waals surface area contributed by atoms with Crippen molar-refractivity contribution in [3.05, 3.63) is 94.5 Å². The van der Waals surface area contributed by atoms with Crippen LogP contribution in [0, 0.1) is 11.6 Å². The van der Waals surface area contributed by atoms with Crippen LogP contribution in [0.2, 0.25) is 5.02 Å². The number of benzene rings is 3. The average Bonchev–Trinajstić information content (AvgIpc) is 2.62. The summed E-state index contributed by atoms with van der Waals surface area (Å²) in [5.41, 5.74) is 2.66. The van der Waals surface area contributed by atoms with Crippen LogP contribution in [0.4, 0.5) is 14.5 Å². The molecule has 0 aliphatic heterocycles. The van der Waals surface area contributed by atoms with Crippen molar-refractivity contribution in [2.75, 3.05) is 5.32 Å². The molecule has 1 N–H and O–H groups in total. The summed E-state index contributed by atoms with van der Waals surface area (Å²) in [6.07, 6.45) is 0. The molecule has 0 aromatic heterocycles. The molecule has 128 valence electrons. The molecule has 2 nitrogen and oxygen atoms in total. The molecule has 3 aromatic rings. The van der Waals surface area contributed by atoms with E-state index in [1.165, 1.54) is 24.3 Å². The van der Waals surface area contributed by atoms with Gasteiger partial charge in [0.05, 0.1) is 5.02 Å². The molecule has 0 spiro atoms. The summed E-state index contributed by atoms with van der Waals surface area (Å²) in [6.45, 7) is 0.872. The third-order valence-electron chi connectivity index (χ3n) is 3.64. The molecule has 0 amide bonds. The standard InChI is InChI=1S/C20H16ClF2NO/c21-19-11-15(12-24-18-8-6-17(23)7-9-18)3-10-20(19)25-13-14-1-4-16(22)5-2-14/h1-11,24H,12-13H2. The molecule has 0 aliphatic carbocycles. The maximum Gasteiger partial charge on any atom is 0.138 e. The number of ether oxygens (including phenoxy) is 1. The van der Waals surface area contributed by atoms with Gasteiger partial charge in [0.15, 0.2) is 0 Å². The Morgan fingerprint density at radius 2 is 1.40 bits per heavy atom. The number of hydrogen-bond donors (Lipinski definition) is 1. The zero-order valence-electron chi connectivity index (χ0n) is 13.3. The van der Waals surface area contributed by atoms with Crippen LogP contribution in [0.5, 0.6) is 5.75 Å². The molecule has 3 aromatic carbocycles. The van der Waals surface area contributed by atoms with E-state index in [9.17, 15) is 8.78 Å². The van der Waals surface area contributed by atoms with Crippen molar-refractivity contribution in [2.24, 2.45) is 0 Å². The van der Waals surface area contributed by atoms with Crippen LogP contribution < -0.4 is 10.1 Å². The summed E-state index contributed by atoms with van der Waals surface area (Å²) in [6, 6.07) is 17.8. The monoisotopic (exact) mass is 359 g/mol. The van der Waals surface area contributed by atoms with Crippen LogP contribution in [0.3, 0.4) is 0 Å². The van der Waals surface area contributed by atoms with E-state index in [0.29, 0.717) is 23.9 Å². The topological polar surface area (TPSA) is 21.3 Å². The van der Waals surface area contributed by atoms with Crippen molar-refractivity contribution >= 4 is 17.3 Å². The van der Waals surface area contributed by atoms with Gasteiger partial charge < -0.3 is 10.1 Å². The molecule has 0 saturated heterocycles. The SMILES string of the molecule is Fc1ccc(COc2ccc(CNc3ccc(F)cc3)cc2Cl)cc1. The van der Waals surface area contributed by atoms with Crippen LogP contribution in [0.1, 0.15) is 11.1 Å². The smallest absolute Gasteiger partial charge is 0.138 e. The van der Waals surface area contributed by atoms with Crippen molar-refractivity contribution < 1.29 is 13.5 Å². The minimum atomic E-state index is -0.278. The minimum Gasteiger partial charge on any atom is -0.487 e. The van der Waals surface area contributed by atoms with Gasteiger partial charge in [0.2, 0.25) is 0 Å². The molecule has 0 saturated carbocycles. The molecule has 0 unspecified atom stereocenters. The average molecular weight is 360 g/mol. The quantitative estimate of drug-likeness (QED) is 0.599. The Hall–Kier alpha value is -2.59. The van der Waals surface area contributed by atoms with Crippen molar-refractivity contribution in [3.8, 4) is 5.75 Å². The molecule has 25 heavy (non-hydrogen) atoms. The predicted octanol–water partition coefficient (Wildman–Crippen LogP) is 5.81. The number of anilines is 1. The molecule has 0 bridgehead atoms. The molecule has 0 fully saturated rings. The van der Waals surface area contributed by atoms with Crippen molar-refractivity contribution in [3.63, 3.8) is 0 Å². The van der Waals surface area contributed by atoms with E-state index >= 15 is 0 Å². The maximum absolute atomic E-state index is 12.9. The van der Waals surface area contributed by atoms with Gasteiger partial charge in [0, 0.05) is 12.2 Å². The highest BCUT2D eigenvalue weighted by molar-refractivity contribution is 6.32. The van der Waals surface area contributed by atoms with E-state index in [1.54, 1.807) is 30.3 Å². The fourth-order valence-electron chi connectivity index (χ4n) is 2.28. The third-order valence-corrected chi connectivity index (χ3v) is 3.94. The van der Waals surface area contributed by atoms with E-state index in [0.717, 1.165) is 16.8 Å². The minimum absolute atomic E-state index is 0.267. The number of hydrogen-bond acceptors (Lipinski definition) is 2. The summed E-state index contributed by atoms with van der Waals surface area (Å²) >= 11 is 6.26. The zero-order chi connectivity index (χ0) is 17.6. The van der Waals surface area contributed by atoms with Gasteiger partial charge in [0.1, 0.15) is 24.0 Å². The lowest BCUT2D eigenvalue weighted by atomic mass is 10.2. The Morgan fingerprint density at radius 3 is 2.04 bits per heavy atom. The molecule has 0 atom stereocenters. The summed E-state index contributed by atoms with van der Waals surface area (Å²) in [4.78, 5) is 0.